The molecule has 1 aromatic heterocycles. The summed E-state index contributed by atoms with van der Waals surface area (Å²) < 4.78 is 22.4. The highest BCUT2D eigenvalue weighted by Gasteiger charge is 2.08. The molecule has 1 aromatic carbocycles. The standard InChI is InChI=1S/C10H9ClN4O2S/c11-9-5-13-6-10(15-9)14-7-2-1-3-8(4-7)18(12,16)17/h1-6H,(H,14,15)(H2,12,16,17). The maximum Gasteiger partial charge on any atom is 0.238 e. The van der Waals surface area contributed by atoms with Crippen molar-refractivity contribution in [2.24, 2.45) is 5.14 Å². The molecule has 6 nitrogen and oxygen atoms in total. The summed E-state index contributed by atoms with van der Waals surface area (Å²) in [7, 11) is -3.73. The van der Waals surface area contributed by atoms with Crippen LogP contribution in [-0.4, -0.2) is 18.4 Å². The van der Waals surface area contributed by atoms with Crippen LogP contribution in [0.2, 0.25) is 5.15 Å². The second-order valence-electron chi connectivity index (χ2n) is 3.42. The Labute approximate surface area is 109 Å². The van der Waals surface area contributed by atoms with Crippen molar-refractivity contribution in [3.8, 4) is 0 Å². The molecule has 0 saturated heterocycles. The van der Waals surface area contributed by atoms with Crippen molar-refractivity contribution in [3.63, 3.8) is 0 Å². The first-order valence-electron chi connectivity index (χ1n) is 4.82. The Morgan fingerprint density at radius 2 is 2.06 bits per heavy atom. The van der Waals surface area contributed by atoms with E-state index >= 15 is 0 Å². The predicted octanol–water partition coefficient (Wildman–Crippen LogP) is 1.52. The van der Waals surface area contributed by atoms with Crippen LogP contribution in [0.25, 0.3) is 0 Å². The van der Waals surface area contributed by atoms with Crippen LogP contribution in [0.1, 0.15) is 0 Å². The molecule has 8 heteroatoms. The molecule has 0 aliphatic rings. The summed E-state index contributed by atoms with van der Waals surface area (Å²) in [4.78, 5) is 7.84. The van der Waals surface area contributed by atoms with Crippen LogP contribution in [0.4, 0.5) is 11.5 Å². The Morgan fingerprint density at radius 3 is 2.72 bits per heavy atom. The molecule has 2 rings (SSSR count). The fourth-order valence-corrected chi connectivity index (χ4v) is 2.01. The Balaban J connectivity index is 2.30. The van der Waals surface area contributed by atoms with Crippen LogP contribution in [0, 0.1) is 0 Å². The van der Waals surface area contributed by atoms with Crippen LogP contribution >= 0.6 is 11.6 Å². The van der Waals surface area contributed by atoms with E-state index < -0.39 is 10.0 Å². The molecule has 0 atom stereocenters. The lowest BCUT2D eigenvalue weighted by atomic mass is 10.3. The summed E-state index contributed by atoms with van der Waals surface area (Å²) in [6.07, 6.45) is 2.86. The van der Waals surface area contributed by atoms with Crippen LogP contribution in [0.15, 0.2) is 41.6 Å². The third-order valence-corrected chi connectivity index (χ3v) is 3.13. The zero-order chi connectivity index (χ0) is 13.2. The highest BCUT2D eigenvalue weighted by molar-refractivity contribution is 7.89. The van der Waals surface area contributed by atoms with Gasteiger partial charge in [0.15, 0.2) is 5.82 Å². The Bertz CT molecular complexity index is 675. The molecule has 0 fully saturated rings. The van der Waals surface area contributed by atoms with Gasteiger partial charge in [0.25, 0.3) is 0 Å². The number of rotatable bonds is 3. The van der Waals surface area contributed by atoms with Crippen molar-refractivity contribution in [3.05, 3.63) is 41.8 Å². The molecule has 1 heterocycles. The van der Waals surface area contributed by atoms with Gasteiger partial charge in [0, 0.05) is 5.69 Å². The van der Waals surface area contributed by atoms with Gasteiger partial charge in [-0.2, -0.15) is 0 Å². The van der Waals surface area contributed by atoms with Crippen molar-refractivity contribution >= 4 is 33.1 Å². The van der Waals surface area contributed by atoms with E-state index in [0.29, 0.717) is 11.5 Å². The molecule has 18 heavy (non-hydrogen) atoms. The Hall–Kier alpha value is -1.70. The lowest BCUT2D eigenvalue weighted by Gasteiger charge is -2.06. The van der Waals surface area contributed by atoms with E-state index in [1.54, 1.807) is 12.1 Å². The summed E-state index contributed by atoms with van der Waals surface area (Å²) in [5, 5.41) is 8.16. The highest BCUT2D eigenvalue weighted by Crippen LogP contribution is 2.18. The first kappa shape index (κ1) is 12.7. The quantitative estimate of drug-likeness (QED) is 0.890. The van der Waals surface area contributed by atoms with Gasteiger partial charge in [0.05, 0.1) is 17.3 Å². The number of nitrogens with one attached hydrogen (secondary N) is 1. The van der Waals surface area contributed by atoms with Crippen molar-refractivity contribution in [1.82, 2.24) is 9.97 Å². The number of nitrogens with two attached hydrogens (primary N) is 1. The van der Waals surface area contributed by atoms with Gasteiger partial charge in [0.2, 0.25) is 10.0 Å². The van der Waals surface area contributed by atoms with E-state index in [2.05, 4.69) is 15.3 Å². The maximum absolute atomic E-state index is 11.2. The molecule has 0 unspecified atom stereocenters. The van der Waals surface area contributed by atoms with Crippen molar-refractivity contribution < 1.29 is 8.42 Å². The summed E-state index contributed by atoms with van der Waals surface area (Å²) >= 11 is 5.69. The number of nitrogens with zero attached hydrogens (tertiary/aromatic N) is 2. The van der Waals surface area contributed by atoms with Gasteiger partial charge in [-0.3, -0.25) is 4.98 Å². The lowest BCUT2D eigenvalue weighted by molar-refractivity contribution is 0.598. The van der Waals surface area contributed by atoms with Crippen LogP contribution in [-0.2, 0) is 10.0 Å². The maximum atomic E-state index is 11.2. The molecule has 94 valence electrons. The zero-order valence-corrected chi connectivity index (χ0v) is 10.6. The van der Waals surface area contributed by atoms with Crippen LogP contribution in [0.3, 0.4) is 0 Å². The summed E-state index contributed by atoms with van der Waals surface area (Å²) in [6.45, 7) is 0. The molecule has 0 aliphatic heterocycles. The van der Waals surface area contributed by atoms with Crippen molar-refractivity contribution in [1.29, 1.82) is 0 Å². The molecule has 3 N–H and O–H groups in total. The average Bonchev–Trinajstić information content (AvgIpc) is 2.28. The molecular formula is C10H9ClN4O2S. The highest BCUT2D eigenvalue weighted by atomic mass is 35.5. The smallest absolute Gasteiger partial charge is 0.238 e. The van der Waals surface area contributed by atoms with Gasteiger partial charge >= 0.3 is 0 Å². The second-order valence-corrected chi connectivity index (χ2v) is 5.37. The summed E-state index contributed by atoms with van der Waals surface area (Å²) in [5.41, 5.74) is 0.526. The van der Waals surface area contributed by atoms with Crippen LogP contribution < -0.4 is 10.5 Å². The van der Waals surface area contributed by atoms with Crippen molar-refractivity contribution in [2.75, 3.05) is 5.32 Å². The number of hydrogen-bond donors (Lipinski definition) is 2. The fourth-order valence-electron chi connectivity index (χ4n) is 1.30. The number of aromatic nitrogens is 2. The van der Waals surface area contributed by atoms with E-state index in [9.17, 15) is 8.42 Å². The van der Waals surface area contributed by atoms with E-state index in [1.807, 2.05) is 0 Å². The first-order valence-corrected chi connectivity index (χ1v) is 6.75. The number of benzene rings is 1. The minimum Gasteiger partial charge on any atom is -0.339 e. The average molecular weight is 285 g/mol. The van der Waals surface area contributed by atoms with Gasteiger partial charge < -0.3 is 5.32 Å². The molecule has 0 aliphatic carbocycles. The lowest BCUT2D eigenvalue weighted by Crippen LogP contribution is -2.12. The molecule has 0 radical (unpaired) electrons. The van der Waals surface area contributed by atoms with E-state index in [1.165, 1.54) is 24.5 Å². The first-order chi connectivity index (χ1) is 8.45. The molecule has 2 aromatic rings. The molecule has 0 bridgehead atoms. The number of sulfonamides is 1. The Morgan fingerprint density at radius 1 is 1.28 bits per heavy atom. The predicted molar refractivity (Wildman–Crippen MR) is 68.1 cm³/mol. The number of primary sulfonamides is 1. The number of anilines is 2. The number of hydrogen-bond acceptors (Lipinski definition) is 5. The summed E-state index contributed by atoms with van der Waals surface area (Å²) in [6, 6.07) is 6.05. The monoisotopic (exact) mass is 284 g/mol. The topological polar surface area (TPSA) is 98.0 Å². The van der Waals surface area contributed by atoms with Gasteiger partial charge in [-0.15, -0.1) is 0 Å². The van der Waals surface area contributed by atoms with Gasteiger partial charge in [0.1, 0.15) is 5.15 Å². The normalized spacial score (nSPS) is 11.2. The molecule has 0 spiro atoms. The van der Waals surface area contributed by atoms with Crippen molar-refractivity contribution in [2.45, 2.75) is 4.90 Å². The largest absolute Gasteiger partial charge is 0.339 e. The third-order valence-electron chi connectivity index (χ3n) is 2.04. The van der Waals surface area contributed by atoms with Crippen LogP contribution in [0.5, 0.6) is 0 Å². The third kappa shape index (κ3) is 3.16. The fraction of sp³-hybridized carbons (Fsp3) is 0. The minimum atomic E-state index is -3.73. The zero-order valence-electron chi connectivity index (χ0n) is 9.04. The minimum absolute atomic E-state index is 0.0162. The summed E-state index contributed by atoms with van der Waals surface area (Å²) in [5.74, 6) is 0.411. The van der Waals surface area contributed by atoms with E-state index in [-0.39, 0.29) is 10.0 Å². The molecule has 0 saturated carbocycles. The molecular weight excluding hydrogens is 276 g/mol. The SMILES string of the molecule is NS(=O)(=O)c1cccc(Nc2cncc(Cl)n2)c1. The van der Waals surface area contributed by atoms with Gasteiger partial charge in [-0.25, -0.2) is 18.5 Å². The van der Waals surface area contributed by atoms with Gasteiger partial charge in [-0.05, 0) is 18.2 Å². The van der Waals surface area contributed by atoms with Gasteiger partial charge in [-0.1, -0.05) is 17.7 Å². The second kappa shape index (κ2) is 4.89. The number of halogens is 1. The Kier molecular flexibility index (Phi) is 3.46. The van der Waals surface area contributed by atoms with E-state index in [4.69, 9.17) is 16.7 Å². The molecule has 0 amide bonds. The van der Waals surface area contributed by atoms with E-state index in [0.717, 1.165) is 0 Å².